The van der Waals surface area contributed by atoms with Crippen molar-refractivity contribution in [2.45, 2.75) is 6.61 Å². The molecule has 0 amide bonds. The van der Waals surface area contributed by atoms with E-state index in [1.807, 2.05) is 18.2 Å². The van der Waals surface area contributed by atoms with Crippen molar-refractivity contribution in [1.82, 2.24) is 9.97 Å². The second-order valence-electron chi connectivity index (χ2n) is 2.62. The Kier molecular flexibility index (Phi) is 1.71. The minimum Gasteiger partial charge on any atom is -0.392 e. The first-order chi connectivity index (χ1) is 5.79. The first-order valence-corrected chi connectivity index (χ1v) is 4.02. The fourth-order valence-corrected chi connectivity index (χ4v) is 1.40. The fourth-order valence-electron chi connectivity index (χ4n) is 1.18. The van der Waals surface area contributed by atoms with Crippen LogP contribution in [0.5, 0.6) is 0 Å². The van der Waals surface area contributed by atoms with Gasteiger partial charge in [-0.3, -0.25) is 0 Å². The number of aliphatic hydroxyl groups excluding tert-OH is 1. The van der Waals surface area contributed by atoms with Crippen LogP contribution in [0.1, 0.15) is 5.56 Å². The number of rotatable bonds is 1. The Morgan fingerprint density at radius 1 is 1.25 bits per heavy atom. The van der Waals surface area contributed by atoms with Crippen LogP contribution in [0.4, 0.5) is 0 Å². The predicted octanol–water partition coefficient (Wildman–Crippen LogP) is 1.72. The van der Waals surface area contributed by atoms with Crippen molar-refractivity contribution in [1.29, 1.82) is 0 Å². The number of fused-ring (bicyclic) bond motifs is 1. The fraction of sp³-hybridized carbons (Fsp3) is 0.125. The molecule has 1 heterocycles. The molecule has 2 aromatic rings. The van der Waals surface area contributed by atoms with E-state index in [1.165, 1.54) is 0 Å². The van der Waals surface area contributed by atoms with Crippen molar-refractivity contribution in [3.8, 4) is 0 Å². The molecule has 3 N–H and O–H groups in total. The number of benzene rings is 1. The SMILES string of the molecule is OCc1ccc2[nH]c(=S)[nH]c2c1. The Bertz CT molecular complexity index is 457. The van der Waals surface area contributed by atoms with Crippen LogP contribution in [0.15, 0.2) is 18.2 Å². The van der Waals surface area contributed by atoms with Gasteiger partial charge in [-0.15, -0.1) is 0 Å². The molecule has 0 unspecified atom stereocenters. The van der Waals surface area contributed by atoms with Crippen LogP contribution in [0, 0.1) is 4.77 Å². The maximum absolute atomic E-state index is 8.85. The molecular formula is C8H8N2OS. The number of aromatic amines is 2. The van der Waals surface area contributed by atoms with Crippen molar-refractivity contribution in [2.75, 3.05) is 0 Å². The molecule has 0 bridgehead atoms. The number of nitrogens with one attached hydrogen (secondary N) is 2. The summed E-state index contributed by atoms with van der Waals surface area (Å²) in [5, 5.41) is 8.85. The van der Waals surface area contributed by atoms with Gasteiger partial charge in [0.1, 0.15) is 0 Å². The van der Waals surface area contributed by atoms with Gasteiger partial charge in [0, 0.05) is 0 Å². The lowest BCUT2D eigenvalue weighted by molar-refractivity contribution is 0.282. The van der Waals surface area contributed by atoms with E-state index in [1.54, 1.807) is 0 Å². The van der Waals surface area contributed by atoms with Gasteiger partial charge in [-0.2, -0.15) is 0 Å². The Morgan fingerprint density at radius 3 is 2.75 bits per heavy atom. The molecule has 62 valence electrons. The van der Waals surface area contributed by atoms with Crippen LogP contribution in [-0.2, 0) is 6.61 Å². The standard InChI is InChI=1S/C8H8N2OS/c11-4-5-1-2-6-7(3-5)10-8(12)9-6/h1-3,11H,4H2,(H2,9,10,12). The van der Waals surface area contributed by atoms with Gasteiger partial charge in [0.15, 0.2) is 4.77 Å². The van der Waals surface area contributed by atoms with Crippen molar-refractivity contribution >= 4 is 23.3 Å². The van der Waals surface area contributed by atoms with Crippen molar-refractivity contribution in [3.63, 3.8) is 0 Å². The van der Waals surface area contributed by atoms with E-state index in [0.29, 0.717) is 4.77 Å². The van der Waals surface area contributed by atoms with E-state index < -0.39 is 0 Å². The van der Waals surface area contributed by atoms with Gasteiger partial charge in [0.2, 0.25) is 0 Å². The molecule has 1 aromatic carbocycles. The summed E-state index contributed by atoms with van der Waals surface area (Å²) in [5.74, 6) is 0. The minimum absolute atomic E-state index is 0.0573. The molecule has 0 saturated heterocycles. The molecule has 0 atom stereocenters. The van der Waals surface area contributed by atoms with Crippen LogP contribution in [-0.4, -0.2) is 15.1 Å². The summed E-state index contributed by atoms with van der Waals surface area (Å²) in [6.45, 7) is 0.0573. The second kappa shape index (κ2) is 2.73. The summed E-state index contributed by atoms with van der Waals surface area (Å²) in [7, 11) is 0. The number of hydrogen-bond acceptors (Lipinski definition) is 2. The molecule has 2 rings (SSSR count). The summed E-state index contributed by atoms with van der Waals surface area (Å²) in [6, 6.07) is 5.64. The number of imidazole rings is 1. The molecule has 0 aliphatic rings. The normalized spacial score (nSPS) is 10.8. The summed E-state index contributed by atoms with van der Waals surface area (Å²) in [6.07, 6.45) is 0. The molecule has 0 aliphatic carbocycles. The third kappa shape index (κ3) is 1.15. The van der Waals surface area contributed by atoms with Crippen LogP contribution in [0.2, 0.25) is 0 Å². The lowest BCUT2D eigenvalue weighted by atomic mass is 10.2. The van der Waals surface area contributed by atoms with Gasteiger partial charge in [-0.25, -0.2) is 0 Å². The summed E-state index contributed by atoms with van der Waals surface area (Å²) < 4.78 is 0.611. The first kappa shape index (κ1) is 7.52. The molecular weight excluding hydrogens is 172 g/mol. The zero-order chi connectivity index (χ0) is 8.55. The van der Waals surface area contributed by atoms with Crippen molar-refractivity contribution in [3.05, 3.63) is 28.5 Å². The van der Waals surface area contributed by atoms with E-state index in [-0.39, 0.29) is 6.61 Å². The van der Waals surface area contributed by atoms with Gasteiger partial charge in [0.25, 0.3) is 0 Å². The Hall–Kier alpha value is -1.13. The lowest BCUT2D eigenvalue weighted by Crippen LogP contribution is -1.81. The largest absolute Gasteiger partial charge is 0.392 e. The molecule has 0 saturated carbocycles. The van der Waals surface area contributed by atoms with Crippen LogP contribution in [0.25, 0.3) is 11.0 Å². The first-order valence-electron chi connectivity index (χ1n) is 3.61. The number of hydrogen-bond donors (Lipinski definition) is 3. The molecule has 4 heteroatoms. The number of H-pyrrole nitrogens is 2. The topological polar surface area (TPSA) is 51.8 Å². The van der Waals surface area contributed by atoms with Crippen LogP contribution in [0.3, 0.4) is 0 Å². The predicted molar refractivity (Wildman–Crippen MR) is 49.4 cm³/mol. The highest BCUT2D eigenvalue weighted by atomic mass is 32.1. The molecule has 0 fully saturated rings. The molecule has 0 aliphatic heterocycles. The van der Waals surface area contributed by atoms with E-state index >= 15 is 0 Å². The van der Waals surface area contributed by atoms with E-state index in [0.717, 1.165) is 16.6 Å². The summed E-state index contributed by atoms with van der Waals surface area (Å²) >= 11 is 4.92. The monoisotopic (exact) mass is 180 g/mol. The second-order valence-corrected chi connectivity index (χ2v) is 3.03. The average molecular weight is 180 g/mol. The smallest absolute Gasteiger partial charge is 0.175 e. The Labute approximate surface area is 74.1 Å². The van der Waals surface area contributed by atoms with Gasteiger partial charge >= 0.3 is 0 Å². The minimum atomic E-state index is 0.0573. The number of aliphatic hydroxyl groups is 1. The van der Waals surface area contributed by atoms with Gasteiger partial charge in [0.05, 0.1) is 17.6 Å². The lowest BCUT2D eigenvalue weighted by Gasteiger charge is -1.93. The highest BCUT2D eigenvalue weighted by molar-refractivity contribution is 7.71. The van der Waals surface area contributed by atoms with Crippen LogP contribution >= 0.6 is 12.2 Å². The highest BCUT2D eigenvalue weighted by Crippen LogP contribution is 2.11. The van der Waals surface area contributed by atoms with Gasteiger partial charge in [-0.05, 0) is 29.9 Å². The maximum atomic E-state index is 8.85. The third-order valence-electron chi connectivity index (χ3n) is 1.76. The maximum Gasteiger partial charge on any atom is 0.175 e. The van der Waals surface area contributed by atoms with Crippen molar-refractivity contribution in [2.24, 2.45) is 0 Å². The average Bonchev–Trinajstić information content (AvgIpc) is 2.43. The van der Waals surface area contributed by atoms with Crippen LogP contribution < -0.4 is 0 Å². The van der Waals surface area contributed by atoms with Gasteiger partial charge in [-0.1, -0.05) is 6.07 Å². The van der Waals surface area contributed by atoms with Crippen molar-refractivity contribution < 1.29 is 5.11 Å². The summed E-state index contributed by atoms with van der Waals surface area (Å²) in [4.78, 5) is 5.97. The zero-order valence-electron chi connectivity index (χ0n) is 6.29. The number of aromatic nitrogens is 2. The summed E-state index contributed by atoms with van der Waals surface area (Å²) in [5.41, 5.74) is 2.79. The molecule has 0 spiro atoms. The molecule has 1 aromatic heterocycles. The molecule has 12 heavy (non-hydrogen) atoms. The highest BCUT2D eigenvalue weighted by Gasteiger charge is 1.96. The van der Waals surface area contributed by atoms with E-state index in [9.17, 15) is 0 Å². The Balaban J connectivity index is 2.74. The third-order valence-corrected chi connectivity index (χ3v) is 1.97. The molecule has 3 nitrogen and oxygen atoms in total. The quantitative estimate of drug-likeness (QED) is 0.585. The molecule has 0 radical (unpaired) electrons. The van der Waals surface area contributed by atoms with Gasteiger partial charge < -0.3 is 15.1 Å². The zero-order valence-corrected chi connectivity index (χ0v) is 7.11. The Morgan fingerprint density at radius 2 is 2.00 bits per heavy atom. The van der Waals surface area contributed by atoms with E-state index in [4.69, 9.17) is 17.3 Å². The van der Waals surface area contributed by atoms with E-state index in [2.05, 4.69) is 9.97 Å².